The summed E-state index contributed by atoms with van der Waals surface area (Å²) in [6.07, 6.45) is 1.69. The van der Waals surface area contributed by atoms with Gasteiger partial charge in [-0.05, 0) is 24.3 Å². The predicted octanol–water partition coefficient (Wildman–Crippen LogP) is 1.44. The number of aryl methyl sites for hydroxylation is 1. The zero-order valence-corrected chi connectivity index (χ0v) is 9.34. The number of ether oxygens (including phenoxy) is 1. The van der Waals surface area contributed by atoms with Gasteiger partial charge in [0.2, 0.25) is 0 Å². The Morgan fingerprint density at radius 1 is 1.31 bits per heavy atom. The van der Waals surface area contributed by atoms with E-state index in [4.69, 9.17) is 4.74 Å². The number of methoxy groups -OCH3 is 1. The molecule has 1 heterocycles. The van der Waals surface area contributed by atoms with Gasteiger partial charge in [0.05, 0.1) is 13.7 Å². The van der Waals surface area contributed by atoms with Gasteiger partial charge in [-0.2, -0.15) is 0 Å². The lowest BCUT2D eigenvalue weighted by Crippen LogP contribution is -2.05. The third-order valence-electron chi connectivity index (χ3n) is 2.35. The van der Waals surface area contributed by atoms with Gasteiger partial charge in [0, 0.05) is 12.7 Å². The Labute approximate surface area is 94.1 Å². The van der Waals surface area contributed by atoms with E-state index in [1.54, 1.807) is 13.4 Å². The molecular weight excluding hydrogens is 204 g/mol. The summed E-state index contributed by atoms with van der Waals surface area (Å²) in [6.45, 7) is 0.656. The zero-order chi connectivity index (χ0) is 11.4. The molecule has 0 aliphatic rings. The van der Waals surface area contributed by atoms with Gasteiger partial charge in [-0.25, -0.2) is 0 Å². The van der Waals surface area contributed by atoms with Crippen molar-refractivity contribution in [1.29, 1.82) is 0 Å². The number of benzene rings is 1. The summed E-state index contributed by atoms with van der Waals surface area (Å²) in [5, 5.41) is 11.1. The van der Waals surface area contributed by atoms with Gasteiger partial charge in [0.1, 0.15) is 12.1 Å². The molecule has 5 nitrogen and oxygen atoms in total. The first-order valence-electron chi connectivity index (χ1n) is 5.00. The van der Waals surface area contributed by atoms with Gasteiger partial charge in [-0.15, -0.1) is 10.2 Å². The number of hydrogen-bond acceptors (Lipinski definition) is 4. The van der Waals surface area contributed by atoms with Crippen LogP contribution in [-0.4, -0.2) is 21.9 Å². The number of anilines is 1. The standard InChI is InChI=1S/C11H14N4O/c1-15-8-13-14-11(15)7-12-9-3-5-10(16-2)6-4-9/h3-6,8,12H,7H2,1-2H3. The second-order valence-electron chi connectivity index (χ2n) is 3.44. The van der Waals surface area contributed by atoms with Gasteiger partial charge in [0.15, 0.2) is 5.82 Å². The molecule has 16 heavy (non-hydrogen) atoms. The number of nitrogens with one attached hydrogen (secondary N) is 1. The average Bonchev–Trinajstić information content (AvgIpc) is 2.73. The van der Waals surface area contributed by atoms with Crippen LogP contribution >= 0.6 is 0 Å². The van der Waals surface area contributed by atoms with E-state index in [0.717, 1.165) is 17.3 Å². The van der Waals surface area contributed by atoms with Crippen molar-refractivity contribution in [3.8, 4) is 5.75 Å². The molecule has 0 bridgehead atoms. The molecule has 0 radical (unpaired) electrons. The first kappa shape index (κ1) is 10.5. The number of nitrogens with zero attached hydrogens (tertiary/aromatic N) is 3. The molecule has 0 fully saturated rings. The molecule has 1 aromatic heterocycles. The molecule has 0 aliphatic carbocycles. The maximum atomic E-state index is 5.08. The molecule has 0 aliphatic heterocycles. The molecule has 5 heteroatoms. The fraction of sp³-hybridized carbons (Fsp3) is 0.273. The van der Waals surface area contributed by atoms with Crippen molar-refractivity contribution in [1.82, 2.24) is 14.8 Å². The van der Waals surface area contributed by atoms with E-state index in [1.165, 1.54) is 0 Å². The summed E-state index contributed by atoms with van der Waals surface area (Å²) in [5.74, 6) is 1.75. The van der Waals surface area contributed by atoms with E-state index >= 15 is 0 Å². The summed E-state index contributed by atoms with van der Waals surface area (Å²) in [7, 11) is 3.58. The molecule has 0 amide bonds. The van der Waals surface area contributed by atoms with Crippen LogP contribution in [0.25, 0.3) is 0 Å². The normalized spacial score (nSPS) is 10.1. The summed E-state index contributed by atoms with van der Waals surface area (Å²) in [5.41, 5.74) is 1.03. The van der Waals surface area contributed by atoms with Gasteiger partial charge in [-0.1, -0.05) is 0 Å². The molecule has 1 N–H and O–H groups in total. The van der Waals surface area contributed by atoms with Crippen LogP contribution in [0, 0.1) is 0 Å². The van der Waals surface area contributed by atoms with Crippen LogP contribution in [0.5, 0.6) is 5.75 Å². The highest BCUT2D eigenvalue weighted by Crippen LogP contribution is 2.15. The highest BCUT2D eigenvalue weighted by atomic mass is 16.5. The van der Waals surface area contributed by atoms with Crippen LogP contribution in [-0.2, 0) is 13.6 Å². The van der Waals surface area contributed by atoms with Crippen molar-refractivity contribution < 1.29 is 4.74 Å². The highest BCUT2D eigenvalue weighted by Gasteiger charge is 2.00. The fourth-order valence-electron chi connectivity index (χ4n) is 1.36. The molecule has 0 saturated heterocycles. The van der Waals surface area contributed by atoms with Crippen molar-refractivity contribution in [2.45, 2.75) is 6.54 Å². The summed E-state index contributed by atoms with van der Waals surface area (Å²) < 4.78 is 6.97. The lowest BCUT2D eigenvalue weighted by atomic mass is 10.3. The fourth-order valence-corrected chi connectivity index (χ4v) is 1.36. The number of aromatic nitrogens is 3. The van der Waals surface area contributed by atoms with Crippen molar-refractivity contribution in [2.75, 3.05) is 12.4 Å². The second-order valence-corrected chi connectivity index (χ2v) is 3.44. The summed E-state index contributed by atoms with van der Waals surface area (Å²) >= 11 is 0. The van der Waals surface area contributed by atoms with E-state index in [1.807, 2.05) is 35.9 Å². The first-order chi connectivity index (χ1) is 7.79. The van der Waals surface area contributed by atoms with Crippen LogP contribution in [0.15, 0.2) is 30.6 Å². The lowest BCUT2D eigenvalue weighted by Gasteiger charge is -2.06. The Balaban J connectivity index is 1.97. The Morgan fingerprint density at radius 3 is 2.62 bits per heavy atom. The van der Waals surface area contributed by atoms with E-state index < -0.39 is 0 Å². The Kier molecular flexibility index (Phi) is 3.05. The SMILES string of the molecule is COc1ccc(NCc2nncn2C)cc1. The third-order valence-corrected chi connectivity index (χ3v) is 2.35. The van der Waals surface area contributed by atoms with Gasteiger partial charge in [0.25, 0.3) is 0 Å². The van der Waals surface area contributed by atoms with Crippen LogP contribution in [0.2, 0.25) is 0 Å². The van der Waals surface area contributed by atoms with E-state index in [0.29, 0.717) is 6.54 Å². The highest BCUT2D eigenvalue weighted by molar-refractivity contribution is 5.46. The maximum absolute atomic E-state index is 5.08. The molecule has 2 rings (SSSR count). The second kappa shape index (κ2) is 4.65. The van der Waals surface area contributed by atoms with E-state index in [9.17, 15) is 0 Å². The molecular formula is C11H14N4O. The molecule has 0 saturated carbocycles. The number of hydrogen-bond donors (Lipinski definition) is 1. The zero-order valence-electron chi connectivity index (χ0n) is 9.34. The van der Waals surface area contributed by atoms with Crippen molar-refractivity contribution in [2.24, 2.45) is 7.05 Å². The van der Waals surface area contributed by atoms with Crippen molar-refractivity contribution in [3.63, 3.8) is 0 Å². The summed E-state index contributed by atoms with van der Waals surface area (Å²) in [6, 6.07) is 7.77. The van der Waals surface area contributed by atoms with Crippen LogP contribution in [0.3, 0.4) is 0 Å². The predicted molar refractivity (Wildman–Crippen MR) is 61.3 cm³/mol. The maximum Gasteiger partial charge on any atom is 0.151 e. The van der Waals surface area contributed by atoms with E-state index in [-0.39, 0.29) is 0 Å². The summed E-state index contributed by atoms with van der Waals surface area (Å²) in [4.78, 5) is 0. The Bertz CT molecular complexity index is 449. The quantitative estimate of drug-likeness (QED) is 0.843. The van der Waals surface area contributed by atoms with Crippen LogP contribution in [0.1, 0.15) is 5.82 Å². The minimum atomic E-state index is 0.656. The molecule has 2 aromatic rings. The Hall–Kier alpha value is -2.04. The molecule has 0 spiro atoms. The Morgan fingerprint density at radius 2 is 2.06 bits per heavy atom. The minimum absolute atomic E-state index is 0.656. The van der Waals surface area contributed by atoms with Gasteiger partial charge < -0.3 is 14.6 Å². The molecule has 84 valence electrons. The van der Waals surface area contributed by atoms with Gasteiger partial charge >= 0.3 is 0 Å². The van der Waals surface area contributed by atoms with Crippen molar-refractivity contribution >= 4 is 5.69 Å². The van der Waals surface area contributed by atoms with Gasteiger partial charge in [-0.3, -0.25) is 0 Å². The van der Waals surface area contributed by atoms with Crippen molar-refractivity contribution in [3.05, 3.63) is 36.4 Å². The molecule has 1 aromatic carbocycles. The van der Waals surface area contributed by atoms with Crippen LogP contribution in [0.4, 0.5) is 5.69 Å². The van der Waals surface area contributed by atoms with E-state index in [2.05, 4.69) is 15.5 Å². The largest absolute Gasteiger partial charge is 0.497 e. The smallest absolute Gasteiger partial charge is 0.151 e. The lowest BCUT2D eigenvalue weighted by molar-refractivity contribution is 0.415. The molecule has 0 unspecified atom stereocenters. The number of rotatable bonds is 4. The third kappa shape index (κ3) is 2.31. The minimum Gasteiger partial charge on any atom is -0.497 e. The average molecular weight is 218 g/mol. The first-order valence-corrected chi connectivity index (χ1v) is 5.00. The van der Waals surface area contributed by atoms with Crippen LogP contribution < -0.4 is 10.1 Å². The topological polar surface area (TPSA) is 52.0 Å². The molecule has 0 atom stereocenters. The monoisotopic (exact) mass is 218 g/mol.